The molecule has 4 N–H and O–H groups in total. The summed E-state index contributed by atoms with van der Waals surface area (Å²) in [5.74, 6) is 0.649. The van der Waals surface area contributed by atoms with Crippen molar-refractivity contribution in [3.63, 3.8) is 0 Å². The van der Waals surface area contributed by atoms with Crippen LogP contribution in [0, 0.1) is 23.8 Å². The number of nitrogens with zero attached hydrogens (tertiary/aromatic N) is 5. The molecule has 15 nitrogen and oxygen atoms in total. The van der Waals surface area contributed by atoms with Gasteiger partial charge in [0.15, 0.2) is 0 Å². The van der Waals surface area contributed by atoms with E-state index in [0.29, 0.717) is 18.8 Å². The number of rotatable bonds is 11. The molecule has 322 valence electrons. The van der Waals surface area contributed by atoms with Crippen molar-refractivity contribution in [1.82, 2.24) is 40.4 Å². The molecule has 1 spiro atoms. The maximum Gasteiger partial charge on any atom is 0.407 e. The van der Waals surface area contributed by atoms with Crippen LogP contribution in [0.15, 0.2) is 73.1 Å². The van der Waals surface area contributed by atoms with E-state index in [0.717, 1.165) is 69.5 Å². The molecule has 1 saturated carbocycles. The van der Waals surface area contributed by atoms with Crippen LogP contribution in [0.5, 0.6) is 0 Å². The molecule has 2 saturated heterocycles. The lowest BCUT2D eigenvalue weighted by Gasteiger charge is -2.30. The maximum atomic E-state index is 13.9. The Balaban J connectivity index is 0.962. The lowest BCUT2D eigenvalue weighted by Crippen LogP contribution is -2.51. The Kier molecular flexibility index (Phi) is 11.5. The van der Waals surface area contributed by atoms with E-state index in [1.807, 2.05) is 50.9 Å². The number of benzene rings is 3. The van der Waals surface area contributed by atoms with Crippen LogP contribution in [0.25, 0.3) is 49.3 Å². The van der Waals surface area contributed by atoms with Crippen molar-refractivity contribution < 1.29 is 28.7 Å². The molecule has 2 aliphatic heterocycles. The third-order valence-electron chi connectivity index (χ3n) is 12.8. The number of carbonyl (C=O) groups is 4. The highest BCUT2D eigenvalue weighted by molar-refractivity contribution is 5.91. The fourth-order valence-electron chi connectivity index (χ4n) is 8.98. The molecule has 0 unspecified atom stereocenters. The first-order chi connectivity index (χ1) is 29.8. The SMILES string of the molecule is [C-]#[N+][C@H]1C[C@@H](c2ncc(-c3ccc(-c4ccc5cc(-c6cnc([C@@H]7CC8(CC8)CN7C(=O)[C@@H](NC(=O)OC)C(C)C)[nH]6)ccc5c4)cc3)[nH]2)N(C(=O)[C@@H](NC(=O)OC)C(C)C)C1. The number of methoxy groups -OCH3 is 2. The smallest absolute Gasteiger partial charge is 0.407 e. The topological polar surface area (TPSA) is 179 Å². The predicted molar refractivity (Wildman–Crippen MR) is 233 cm³/mol. The molecular formula is C47H53N9O6. The zero-order chi connectivity index (χ0) is 43.9. The van der Waals surface area contributed by atoms with Crippen LogP contribution in [0.4, 0.5) is 9.59 Å². The van der Waals surface area contributed by atoms with E-state index in [1.165, 1.54) is 14.2 Å². The zero-order valence-electron chi connectivity index (χ0n) is 35.9. The molecule has 3 aromatic carbocycles. The fourth-order valence-corrected chi connectivity index (χ4v) is 8.98. The molecule has 5 atom stereocenters. The van der Waals surface area contributed by atoms with Gasteiger partial charge in [0.05, 0.1) is 63.1 Å². The van der Waals surface area contributed by atoms with Gasteiger partial charge in [-0.3, -0.25) is 9.59 Å². The summed E-state index contributed by atoms with van der Waals surface area (Å²) < 4.78 is 9.58. The minimum absolute atomic E-state index is 0.111. The van der Waals surface area contributed by atoms with Gasteiger partial charge in [0.1, 0.15) is 23.7 Å². The fraction of sp³-hybridized carbons (Fsp3) is 0.426. The monoisotopic (exact) mass is 839 g/mol. The summed E-state index contributed by atoms with van der Waals surface area (Å²) in [6.07, 6.45) is 5.72. The van der Waals surface area contributed by atoms with Gasteiger partial charge in [-0.25, -0.2) is 26.1 Å². The number of amides is 4. The minimum Gasteiger partial charge on any atom is -0.453 e. The molecule has 3 fully saturated rings. The second kappa shape index (κ2) is 17.0. The highest BCUT2D eigenvalue weighted by atomic mass is 16.5. The van der Waals surface area contributed by atoms with Gasteiger partial charge in [-0.05, 0) is 76.1 Å². The summed E-state index contributed by atoms with van der Waals surface area (Å²) in [6.45, 7) is 16.1. The Hall–Kier alpha value is -6.69. The average molecular weight is 840 g/mol. The Morgan fingerprint density at radius 1 is 0.726 bits per heavy atom. The molecule has 62 heavy (non-hydrogen) atoms. The van der Waals surface area contributed by atoms with Gasteiger partial charge in [-0.2, -0.15) is 0 Å². The van der Waals surface area contributed by atoms with Gasteiger partial charge >= 0.3 is 12.2 Å². The van der Waals surface area contributed by atoms with Crippen LogP contribution in [0.2, 0.25) is 0 Å². The number of imidazole rings is 2. The van der Waals surface area contributed by atoms with Gasteiger partial charge in [0.2, 0.25) is 17.9 Å². The van der Waals surface area contributed by atoms with E-state index in [9.17, 15) is 19.2 Å². The molecule has 3 aliphatic rings. The summed E-state index contributed by atoms with van der Waals surface area (Å²) in [4.78, 5) is 75.5. The molecule has 0 radical (unpaired) electrons. The summed E-state index contributed by atoms with van der Waals surface area (Å²) in [5, 5.41) is 7.57. The van der Waals surface area contributed by atoms with Crippen LogP contribution < -0.4 is 10.6 Å². The van der Waals surface area contributed by atoms with Crippen molar-refractivity contribution in [3.8, 4) is 33.6 Å². The number of hydrogen-bond donors (Lipinski definition) is 4. The van der Waals surface area contributed by atoms with E-state index in [-0.39, 0.29) is 47.7 Å². The highest BCUT2D eigenvalue weighted by Gasteiger charge is 2.55. The van der Waals surface area contributed by atoms with E-state index in [4.69, 9.17) is 21.0 Å². The van der Waals surface area contributed by atoms with Gasteiger partial charge < -0.3 is 44.7 Å². The number of likely N-dealkylation sites (tertiary alicyclic amines) is 2. The lowest BCUT2D eigenvalue weighted by atomic mass is 9.98. The number of fused-ring (bicyclic) bond motifs is 1. The molecule has 2 aromatic heterocycles. The third-order valence-corrected chi connectivity index (χ3v) is 12.8. The maximum absolute atomic E-state index is 13.9. The van der Waals surface area contributed by atoms with Gasteiger partial charge in [-0.1, -0.05) is 76.2 Å². The van der Waals surface area contributed by atoms with Gasteiger partial charge in [0.25, 0.3) is 0 Å². The van der Waals surface area contributed by atoms with Crippen LogP contribution in [0.3, 0.4) is 0 Å². The number of carbonyl (C=O) groups excluding carboxylic acids is 4. The predicted octanol–water partition coefficient (Wildman–Crippen LogP) is 7.66. The molecule has 4 heterocycles. The largest absolute Gasteiger partial charge is 0.453 e. The number of ether oxygens (including phenoxy) is 2. The Morgan fingerprint density at radius 2 is 1.23 bits per heavy atom. The molecule has 1 aliphatic carbocycles. The summed E-state index contributed by atoms with van der Waals surface area (Å²) in [7, 11) is 2.56. The number of H-pyrrole nitrogens is 2. The van der Waals surface area contributed by atoms with E-state index >= 15 is 0 Å². The van der Waals surface area contributed by atoms with Crippen molar-refractivity contribution in [1.29, 1.82) is 0 Å². The number of alkyl carbamates (subject to hydrolysis) is 2. The van der Waals surface area contributed by atoms with E-state index in [2.05, 4.69) is 79.0 Å². The third kappa shape index (κ3) is 8.33. The number of nitrogens with one attached hydrogen (secondary N) is 4. The van der Waals surface area contributed by atoms with Crippen LogP contribution in [-0.2, 0) is 19.1 Å². The van der Waals surface area contributed by atoms with Crippen LogP contribution in [0.1, 0.15) is 77.1 Å². The first kappa shape index (κ1) is 42.0. The molecule has 0 bridgehead atoms. The second-order valence-corrected chi connectivity index (χ2v) is 17.6. The van der Waals surface area contributed by atoms with E-state index < -0.39 is 30.3 Å². The minimum atomic E-state index is -0.801. The number of hydrogen-bond acceptors (Lipinski definition) is 8. The van der Waals surface area contributed by atoms with Crippen molar-refractivity contribution in [2.75, 3.05) is 27.3 Å². The summed E-state index contributed by atoms with van der Waals surface area (Å²) in [6, 6.07) is 18.4. The normalized spacial score (nSPS) is 20.0. The average Bonchev–Trinajstić information content (AvgIpc) is 3.78. The quantitative estimate of drug-likeness (QED) is 0.0980. The van der Waals surface area contributed by atoms with E-state index in [1.54, 1.807) is 11.1 Å². The van der Waals surface area contributed by atoms with Crippen molar-refractivity contribution in [3.05, 3.63) is 96.1 Å². The first-order valence-corrected chi connectivity index (χ1v) is 21.2. The highest BCUT2D eigenvalue weighted by Crippen LogP contribution is 2.58. The van der Waals surface area contributed by atoms with Crippen molar-refractivity contribution in [2.45, 2.75) is 83.6 Å². The van der Waals surface area contributed by atoms with Crippen molar-refractivity contribution in [2.24, 2.45) is 17.3 Å². The molecule has 4 amide bonds. The molecular weight excluding hydrogens is 787 g/mol. The summed E-state index contributed by atoms with van der Waals surface area (Å²) >= 11 is 0. The Labute approximate surface area is 360 Å². The zero-order valence-corrected chi connectivity index (χ0v) is 35.9. The van der Waals surface area contributed by atoms with Gasteiger partial charge in [-0.15, -0.1) is 0 Å². The number of aromatic nitrogens is 4. The van der Waals surface area contributed by atoms with Crippen LogP contribution in [-0.4, -0.2) is 99.2 Å². The Bertz CT molecular complexity index is 2530. The first-order valence-electron chi connectivity index (χ1n) is 21.2. The van der Waals surface area contributed by atoms with Gasteiger partial charge in [0, 0.05) is 12.1 Å². The number of aromatic amines is 2. The second-order valence-electron chi connectivity index (χ2n) is 17.6. The molecule has 15 heteroatoms. The molecule has 8 rings (SSSR count). The lowest BCUT2D eigenvalue weighted by molar-refractivity contribution is -0.136. The molecule has 5 aromatic rings. The van der Waals surface area contributed by atoms with Crippen LogP contribution >= 0.6 is 0 Å². The Morgan fingerprint density at radius 3 is 1.77 bits per heavy atom. The van der Waals surface area contributed by atoms with Crippen molar-refractivity contribution >= 4 is 34.8 Å². The summed E-state index contributed by atoms with van der Waals surface area (Å²) in [5.41, 5.74) is 5.81. The standard InChI is InChI=1S/C47H53N9O6/c1-26(2)39(53-45(59)61-6)43(57)55-24-34(48-5)20-37(55)41-49-22-35(51-41)29-10-8-28(9-11-29)30-12-13-32-19-33(15-14-31(32)18-30)36-23-50-42(52-36)38-21-47(16-17-47)25-56(38)44(58)40(27(3)4)54-46(60)62-7/h8-15,18-19,22-23,26-27,34,37-40H,16-17,20-21,24-25H2,1-4,6-7H3,(H,49,51)(H,50,52)(H,53,59)(H,54,60)/t34-,37-,38-,39-,40-/m0/s1.